The topological polar surface area (TPSA) is 88.5 Å². The maximum atomic E-state index is 13.2. The second-order valence-corrected chi connectivity index (χ2v) is 7.99. The molecule has 176 valence electrons. The van der Waals surface area contributed by atoms with Crippen molar-refractivity contribution in [3.8, 4) is 17.2 Å². The largest absolute Gasteiger partial charge is 0.507 e. The highest BCUT2D eigenvalue weighted by molar-refractivity contribution is 6.46. The third-order valence-electron chi connectivity index (χ3n) is 5.62. The quantitative estimate of drug-likeness (QED) is 0.354. The fourth-order valence-electron chi connectivity index (χ4n) is 3.97. The van der Waals surface area contributed by atoms with E-state index in [0.717, 1.165) is 6.54 Å². The molecule has 0 radical (unpaired) electrons. The second kappa shape index (κ2) is 10.4. The Balaban J connectivity index is 2.16. The Morgan fingerprint density at radius 2 is 1.70 bits per heavy atom. The summed E-state index contributed by atoms with van der Waals surface area (Å²) in [5, 5.41) is 11.3. The van der Waals surface area contributed by atoms with Gasteiger partial charge in [-0.3, -0.25) is 9.59 Å². The Morgan fingerprint density at radius 1 is 1.00 bits per heavy atom. The molecule has 1 saturated heterocycles. The number of aliphatic hydroxyl groups excluding tert-OH is 1. The maximum Gasteiger partial charge on any atom is 0.295 e. The third-order valence-corrected chi connectivity index (χ3v) is 5.62. The number of carbonyl (C=O) groups excluding carboxylic acids is 2. The fraction of sp³-hybridized carbons (Fsp3) is 0.360. The van der Waals surface area contributed by atoms with Gasteiger partial charge in [-0.1, -0.05) is 12.1 Å². The van der Waals surface area contributed by atoms with Crippen molar-refractivity contribution in [2.75, 3.05) is 48.5 Å². The lowest BCUT2D eigenvalue weighted by molar-refractivity contribution is -0.139. The number of methoxy groups -OCH3 is 3. The molecule has 8 heteroatoms. The molecule has 2 aromatic carbocycles. The predicted molar refractivity (Wildman–Crippen MR) is 125 cm³/mol. The molecule has 0 bridgehead atoms. The molecule has 8 nitrogen and oxygen atoms in total. The first-order valence-corrected chi connectivity index (χ1v) is 10.6. The zero-order valence-corrected chi connectivity index (χ0v) is 19.6. The lowest BCUT2D eigenvalue weighted by Crippen LogP contribution is -2.32. The third kappa shape index (κ3) is 4.96. The van der Waals surface area contributed by atoms with Crippen LogP contribution in [0.15, 0.2) is 48.0 Å². The summed E-state index contributed by atoms with van der Waals surface area (Å²) in [6.45, 7) is 1.11. The molecule has 0 aliphatic carbocycles. The van der Waals surface area contributed by atoms with Crippen molar-refractivity contribution in [3.05, 3.63) is 59.2 Å². The number of hydrogen-bond acceptors (Lipinski definition) is 7. The minimum absolute atomic E-state index is 0.0153. The SMILES string of the molecule is COc1cccc([C@@H]2/C(=C(\O)c3ccc(OC)cc3OC)C(=O)C(=O)N2CCCN(C)C)c1. The second-order valence-electron chi connectivity index (χ2n) is 7.99. The van der Waals surface area contributed by atoms with Gasteiger partial charge >= 0.3 is 0 Å². The molecule has 1 aliphatic heterocycles. The van der Waals surface area contributed by atoms with E-state index in [-0.39, 0.29) is 11.3 Å². The van der Waals surface area contributed by atoms with Crippen LogP contribution in [0.3, 0.4) is 0 Å². The van der Waals surface area contributed by atoms with Gasteiger partial charge < -0.3 is 29.1 Å². The van der Waals surface area contributed by atoms with Crippen molar-refractivity contribution >= 4 is 17.4 Å². The van der Waals surface area contributed by atoms with Crippen LogP contribution in [0.4, 0.5) is 0 Å². The summed E-state index contributed by atoms with van der Waals surface area (Å²) in [6, 6.07) is 11.3. The van der Waals surface area contributed by atoms with Gasteiger partial charge in [0.15, 0.2) is 0 Å². The number of likely N-dealkylation sites (tertiary alicyclic amines) is 1. The summed E-state index contributed by atoms with van der Waals surface area (Å²) in [5.74, 6) is -0.213. The first kappa shape index (κ1) is 24.1. The average molecular weight is 455 g/mol. The van der Waals surface area contributed by atoms with Gasteiger partial charge in [0.2, 0.25) is 0 Å². The minimum atomic E-state index is -0.755. The lowest BCUT2D eigenvalue weighted by atomic mass is 9.94. The van der Waals surface area contributed by atoms with Crippen LogP contribution in [0.2, 0.25) is 0 Å². The number of nitrogens with zero attached hydrogens (tertiary/aromatic N) is 2. The van der Waals surface area contributed by atoms with Crippen LogP contribution in [0, 0.1) is 0 Å². The minimum Gasteiger partial charge on any atom is -0.507 e. The molecule has 1 heterocycles. The molecular formula is C25H30N2O6. The highest BCUT2D eigenvalue weighted by Crippen LogP contribution is 2.42. The Bertz CT molecular complexity index is 1060. The molecule has 33 heavy (non-hydrogen) atoms. The maximum absolute atomic E-state index is 13.2. The summed E-state index contributed by atoms with van der Waals surface area (Å²) in [7, 11) is 8.43. The monoisotopic (exact) mass is 454 g/mol. The normalized spacial score (nSPS) is 17.5. The van der Waals surface area contributed by atoms with Crippen LogP contribution < -0.4 is 14.2 Å². The molecule has 2 aromatic rings. The zero-order chi connectivity index (χ0) is 24.1. The van der Waals surface area contributed by atoms with E-state index < -0.39 is 17.7 Å². The number of ketones is 1. The first-order chi connectivity index (χ1) is 15.8. The number of ether oxygens (including phenoxy) is 3. The van der Waals surface area contributed by atoms with Crippen LogP contribution in [0.1, 0.15) is 23.6 Å². The number of hydrogen-bond donors (Lipinski definition) is 1. The van der Waals surface area contributed by atoms with Crippen molar-refractivity contribution in [1.29, 1.82) is 0 Å². The summed E-state index contributed by atoms with van der Waals surface area (Å²) in [4.78, 5) is 29.8. The zero-order valence-electron chi connectivity index (χ0n) is 19.6. The highest BCUT2D eigenvalue weighted by Gasteiger charge is 2.46. The van der Waals surface area contributed by atoms with Crippen LogP contribution in [-0.4, -0.2) is 75.1 Å². The van der Waals surface area contributed by atoms with E-state index in [2.05, 4.69) is 0 Å². The number of benzene rings is 2. The van der Waals surface area contributed by atoms with E-state index in [4.69, 9.17) is 14.2 Å². The molecule has 1 N–H and O–H groups in total. The van der Waals surface area contributed by atoms with Gasteiger partial charge in [0.1, 0.15) is 23.0 Å². The Labute approximate surface area is 194 Å². The number of Topliss-reactive ketones (excluding diaryl/α,β-unsaturated/α-hetero) is 1. The van der Waals surface area contributed by atoms with Crippen molar-refractivity contribution in [2.45, 2.75) is 12.5 Å². The van der Waals surface area contributed by atoms with Gasteiger partial charge in [-0.05, 0) is 56.9 Å². The first-order valence-electron chi connectivity index (χ1n) is 10.6. The number of amides is 1. The van der Waals surface area contributed by atoms with Crippen molar-refractivity contribution in [3.63, 3.8) is 0 Å². The molecule has 3 rings (SSSR count). The molecule has 1 aliphatic rings. The van der Waals surface area contributed by atoms with E-state index >= 15 is 0 Å². The molecule has 1 atom stereocenters. The number of carbonyl (C=O) groups is 2. The fourth-order valence-corrected chi connectivity index (χ4v) is 3.97. The lowest BCUT2D eigenvalue weighted by Gasteiger charge is -2.26. The van der Waals surface area contributed by atoms with Gasteiger partial charge in [0, 0.05) is 12.6 Å². The van der Waals surface area contributed by atoms with Crippen LogP contribution in [0.5, 0.6) is 17.2 Å². The van der Waals surface area contributed by atoms with E-state index in [0.29, 0.717) is 41.3 Å². The highest BCUT2D eigenvalue weighted by atomic mass is 16.5. The average Bonchev–Trinajstić information content (AvgIpc) is 3.08. The number of rotatable bonds is 9. The molecule has 1 fully saturated rings. The molecule has 0 unspecified atom stereocenters. The standard InChI is InChI=1S/C25H30N2O6/c1-26(2)12-7-13-27-22(16-8-6-9-17(14-16)31-3)21(24(29)25(27)30)23(28)19-11-10-18(32-4)15-20(19)33-5/h6,8-11,14-15,22,28H,7,12-13H2,1-5H3/b23-21+/t22-/m1/s1. The van der Waals surface area contributed by atoms with Crippen molar-refractivity contribution in [2.24, 2.45) is 0 Å². The Kier molecular flexibility index (Phi) is 7.60. The van der Waals surface area contributed by atoms with Gasteiger partial charge in [0.05, 0.1) is 38.5 Å². The molecule has 0 aromatic heterocycles. The van der Waals surface area contributed by atoms with Gasteiger partial charge in [-0.2, -0.15) is 0 Å². The van der Waals surface area contributed by atoms with E-state index in [9.17, 15) is 14.7 Å². The van der Waals surface area contributed by atoms with Crippen LogP contribution >= 0.6 is 0 Å². The summed E-state index contributed by atoms with van der Waals surface area (Å²) < 4.78 is 16.0. The van der Waals surface area contributed by atoms with E-state index in [1.807, 2.05) is 25.1 Å². The smallest absolute Gasteiger partial charge is 0.295 e. The van der Waals surface area contributed by atoms with Crippen LogP contribution in [-0.2, 0) is 9.59 Å². The molecule has 1 amide bonds. The van der Waals surface area contributed by atoms with Gasteiger partial charge in [-0.15, -0.1) is 0 Å². The van der Waals surface area contributed by atoms with E-state index in [1.165, 1.54) is 19.1 Å². The molecule has 0 spiro atoms. The number of aliphatic hydroxyl groups is 1. The predicted octanol–water partition coefficient (Wildman–Crippen LogP) is 3.09. The summed E-state index contributed by atoms with van der Waals surface area (Å²) >= 11 is 0. The Hall–Kier alpha value is -3.52. The summed E-state index contributed by atoms with van der Waals surface area (Å²) in [6.07, 6.45) is 0.673. The molecule has 0 saturated carbocycles. The van der Waals surface area contributed by atoms with Crippen molar-refractivity contribution in [1.82, 2.24) is 9.80 Å². The summed E-state index contributed by atoms with van der Waals surface area (Å²) in [5.41, 5.74) is 0.992. The van der Waals surface area contributed by atoms with Crippen molar-refractivity contribution < 1.29 is 28.9 Å². The van der Waals surface area contributed by atoms with E-state index in [1.54, 1.807) is 43.5 Å². The Morgan fingerprint density at radius 3 is 2.33 bits per heavy atom. The van der Waals surface area contributed by atoms with Crippen LogP contribution in [0.25, 0.3) is 5.76 Å². The van der Waals surface area contributed by atoms with Gasteiger partial charge in [-0.25, -0.2) is 0 Å². The van der Waals surface area contributed by atoms with Gasteiger partial charge in [0.25, 0.3) is 11.7 Å². The molecular weight excluding hydrogens is 424 g/mol.